The molecule has 2 aromatic carbocycles. The van der Waals surface area contributed by atoms with Gasteiger partial charge in [-0.3, -0.25) is 4.79 Å². The van der Waals surface area contributed by atoms with Crippen molar-refractivity contribution in [2.24, 2.45) is 0 Å². The predicted octanol–water partition coefficient (Wildman–Crippen LogP) is 5.85. The Bertz CT molecular complexity index is 820. The lowest BCUT2D eigenvalue weighted by Crippen LogP contribution is -2.13. The molecule has 0 radical (unpaired) electrons. The van der Waals surface area contributed by atoms with Gasteiger partial charge in [0, 0.05) is 20.6 Å². The Morgan fingerprint density at radius 3 is 2.26 bits per heavy atom. The second kappa shape index (κ2) is 7.72. The zero-order chi connectivity index (χ0) is 17.0. The van der Waals surface area contributed by atoms with Gasteiger partial charge in [-0.05, 0) is 36.4 Å². The van der Waals surface area contributed by atoms with Gasteiger partial charge < -0.3 is 5.32 Å². The molecular formula is C16H8Cl4N2O. The highest BCUT2D eigenvalue weighted by Gasteiger charge is 2.13. The minimum atomic E-state index is -0.632. The summed E-state index contributed by atoms with van der Waals surface area (Å²) in [6, 6.07) is 11.3. The molecule has 0 aliphatic heterocycles. The normalized spacial score (nSPS) is 11.0. The molecule has 0 saturated heterocycles. The van der Waals surface area contributed by atoms with E-state index in [4.69, 9.17) is 46.4 Å². The second-order valence-corrected chi connectivity index (χ2v) is 6.04. The molecular weight excluding hydrogens is 378 g/mol. The summed E-state index contributed by atoms with van der Waals surface area (Å²) >= 11 is 23.8. The van der Waals surface area contributed by atoms with E-state index in [9.17, 15) is 10.1 Å². The van der Waals surface area contributed by atoms with E-state index in [1.165, 1.54) is 12.1 Å². The topological polar surface area (TPSA) is 52.9 Å². The maximum absolute atomic E-state index is 12.2. The van der Waals surface area contributed by atoms with Crippen molar-refractivity contribution in [2.75, 3.05) is 5.32 Å². The standard InChI is InChI=1S/C16H8Cl4N2O/c17-10-4-5-15(14(20)7-10)22-16(23)9(8-21)6-11-12(18)2-1-3-13(11)19/h1-7H,(H,22,23). The van der Waals surface area contributed by atoms with Crippen LogP contribution in [0.1, 0.15) is 5.56 Å². The number of rotatable bonds is 3. The number of hydrogen-bond donors (Lipinski definition) is 1. The van der Waals surface area contributed by atoms with E-state index >= 15 is 0 Å². The molecule has 2 rings (SSSR count). The van der Waals surface area contributed by atoms with Crippen LogP contribution in [0.2, 0.25) is 20.1 Å². The van der Waals surface area contributed by atoms with Crippen molar-refractivity contribution in [3.05, 3.63) is 67.6 Å². The first kappa shape index (κ1) is 17.7. The summed E-state index contributed by atoms with van der Waals surface area (Å²) in [4.78, 5) is 12.2. The van der Waals surface area contributed by atoms with E-state index in [0.29, 0.717) is 26.3 Å². The molecule has 0 heterocycles. The first-order valence-electron chi connectivity index (χ1n) is 6.24. The third-order valence-electron chi connectivity index (χ3n) is 2.83. The van der Waals surface area contributed by atoms with Crippen LogP contribution < -0.4 is 5.32 Å². The van der Waals surface area contributed by atoms with Crippen LogP contribution in [0.4, 0.5) is 5.69 Å². The van der Waals surface area contributed by atoms with Crippen molar-refractivity contribution in [2.45, 2.75) is 0 Å². The highest BCUT2D eigenvalue weighted by molar-refractivity contribution is 6.38. The molecule has 0 aromatic heterocycles. The molecule has 7 heteroatoms. The fourth-order valence-electron chi connectivity index (χ4n) is 1.72. The Balaban J connectivity index is 2.32. The molecule has 0 aliphatic carbocycles. The molecule has 116 valence electrons. The van der Waals surface area contributed by atoms with Crippen LogP contribution in [0, 0.1) is 11.3 Å². The molecule has 0 aliphatic rings. The summed E-state index contributed by atoms with van der Waals surface area (Å²) < 4.78 is 0. The third kappa shape index (κ3) is 4.40. The summed E-state index contributed by atoms with van der Waals surface area (Å²) in [5, 5.41) is 13.1. The quantitative estimate of drug-likeness (QED) is 0.532. The third-order valence-corrected chi connectivity index (χ3v) is 4.04. The Morgan fingerprint density at radius 2 is 1.70 bits per heavy atom. The Hall–Kier alpha value is -1.70. The van der Waals surface area contributed by atoms with Gasteiger partial charge in [-0.15, -0.1) is 0 Å². The number of nitrogens with zero attached hydrogens (tertiary/aromatic N) is 1. The maximum Gasteiger partial charge on any atom is 0.266 e. The summed E-state index contributed by atoms with van der Waals surface area (Å²) in [7, 11) is 0. The number of hydrogen-bond acceptors (Lipinski definition) is 2. The van der Waals surface area contributed by atoms with Gasteiger partial charge in [0.2, 0.25) is 0 Å². The number of halogens is 4. The van der Waals surface area contributed by atoms with Gasteiger partial charge in [-0.2, -0.15) is 5.26 Å². The largest absolute Gasteiger partial charge is 0.320 e. The highest BCUT2D eigenvalue weighted by atomic mass is 35.5. The molecule has 1 N–H and O–H groups in total. The smallest absolute Gasteiger partial charge is 0.266 e. The van der Waals surface area contributed by atoms with Gasteiger partial charge in [0.1, 0.15) is 11.6 Å². The van der Waals surface area contributed by atoms with E-state index in [1.807, 2.05) is 6.07 Å². The van der Waals surface area contributed by atoms with E-state index in [0.717, 1.165) is 0 Å². The molecule has 0 unspecified atom stereocenters. The van der Waals surface area contributed by atoms with Crippen LogP contribution >= 0.6 is 46.4 Å². The van der Waals surface area contributed by atoms with Crippen molar-refractivity contribution >= 4 is 64.1 Å². The number of carbonyl (C=O) groups excluding carboxylic acids is 1. The zero-order valence-electron chi connectivity index (χ0n) is 11.4. The number of carbonyl (C=O) groups is 1. The lowest BCUT2D eigenvalue weighted by Gasteiger charge is -2.07. The number of anilines is 1. The zero-order valence-corrected chi connectivity index (χ0v) is 14.4. The molecule has 0 atom stereocenters. The lowest BCUT2D eigenvalue weighted by molar-refractivity contribution is -0.112. The summed E-state index contributed by atoms with van der Waals surface area (Å²) in [6.07, 6.45) is 1.32. The van der Waals surface area contributed by atoms with Crippen LogP contribution in [0.3, 0.4) is 0 Å². The fourth-order valence-corrected chi connectivity index (χ4v) is 2.68. The minimum absolute atomic E-state index is 0.161. The summed E-state index contributed by atoms with van der Waals surface area (Å²) in [6.45, 7) is 0. The number of nitriles is 1. The van der Waals surface area contributed by atoms with Gasteiger partial charge in [-0.1, -0.05) is 52.5 Å². The summed E-state index contributed by atoms with van der Waals surface area (Å²) in [5.41, 5.74) is 0.572. The molecule has 0 saturated carbocycles. The molecule has 0 fully saturated rings. The maximum atomic E-state index is 12.2. The van der Waals surface area contributed by atoms with E-state index in [2.05, 4.69) is 5.32 Å². The SMILES string of the molecule is N#CC(=Cc1c(Cl)cccc1Cl)C(=O)Nc1ccc(Cl)cc1Cl. The van der Waals surface area contributed by atoms with Gasteiger partial charge >= 0.3 is 0 Å². The number of amides is 1. The van der Waals surface area contributed by atoms with Crippen LogP contribution in [0.15, 0.2) is 42.0 Å². The van der Waals surface area contributed by atoms with E-state index in [-0.39, 0.29) is 10.6 Å². The summed E-state index contributed by atoms with van der Waals surface area (Å²) in [5.74, 6) is -0.632. The van der Waals surface area contributed by atoms with Gasteiger partial charge in [0.05, 0.1) is 10.7 Å². The fraction of sp³-hybridized carbons (Fsp3) is 0. The highest BCUT2D eigenvalue weighted by Crippen LogP contribution is 2.28. The molecule has 1 amide bonds. The Labute approximate surface area is 153 Å². The van der Waals surface area contributed by atoms with Crippen LogP contribution in [-0.2, 0) is 4.79 Å². The molecule has 23 heavy (non-hydrogen) atoms. The number of nitrogens with one attached hydrogen (secondary N) is 1. The molecule has 0 bridgehead atoms. The minimum Gasteiger partial charge on any atom is -0.320 e. The Morgan fingerprint density at radius 1 is 1.04 bits per heavy atom. The van der Waals surface area contributed by atoms with Crippen LogP contribution in [-0.4, -0.2) is 5.91 Å². The van der Waals surface area contributed by atoms with Gasteiger partial charge in [-0.25, -0.2) is 0 Å². The van der Waals surface area contributed by atoms with Crippen molar-refractivity contribution in [1.29, 1.82) is 5.26 Å². The molecule has 0 spiro atoms. The lowest BCUT2D eigenvalue weighted by atomic mass is 10.1. The monoisotopic (exact) mass is 384 g/mol. The van der Waals surface area contributed by atoms with Crippen molar-refractivity contribution in [1.82, 2.24) is 0 Å². The average Bonchev–Trinajstić information content (AvgIpc) is 2.50. The van der Waals surface area contributed by atoms with Crippen molar-refractivity contribution in [3.8, 4) is 6.07 Å². The van der Waals surface area contributed by atoms with Gasteiger partial charge in [0.25, 0.3) is 5.91 Å². The van der Waals surface area contributed by atoms with E-state index in [1.54, 1.807) is 30.3 Å². The van der Waals surface area contributed by atoms with Crippen LogP contribution in [0.25, 0.3) is 6.08 Å². The first-order chi connectivity index (χ1) is 10.9. The molecule has 3 nitrogen and oxygen atoms in total. The average molecular weight is 386 g/mol. The first-order valence-corrected chi connectivity index (χ1v) is 7.75. The second-order valence-electron chi connectivity index (χ2n) is 4.38. The van der Waals surface area contributed by atoms with Crippen LogP contribution in [0.5, 0.6) is 0 Å². The Kier molecular flexibility index (Phi) is 5.92. The van der Waals surface area contributed by atoms with Gasteiger partial charge in [0.15, 0.2) is 0 Å². The van der Waals surface area contributed by atoms with Crippen molar-refractivity contribution < 1.29 is 4.79 Å². The predicted molar refractivity (Wildman–Crippen MR) is 95.1 cm³/mol. The van der Waals surface area contributed by atoms with Crippen molar-refractivity contribution in [3.63, 3.8) is 0 Å². The molecule has 2 aromatic rings. The number of benzene rings is 2. The van der Waals surface area contributed by atoms with E-state index < -0.39 is 5.91 Å².